The third kappa shape index (κ3) is 3.31. The summed E-state index contributed by atoms with van der Waals surface area (Å²) >= 11 is 6.54. The topological polar surface area (TPSA) is 57.7 Å². The van der Waals surface area contributed by atoms with Crippen molar-refractivity contribution in [2.75, 3.05) is 18.0 Å². The number of nitrogens with one attached hydrogen (secondary N) is 1. The van der Waals surface area contributed by atoms with Crippen molar-refractivity contribution in [3.8, 4) is 11.4 Å². The van der Waals surface area contributed by atoms with Gasteiger partial charge in [-0.15, -0.1) is 0 Å². The number of rotatable bonds is 4. The molecule has 3 heterocycles. The number of anilines is 1. The van der Waals surface area contributed by atoms with Crippen molar-refractivity contribution in [2.24, 2.45) is 0 Å². The van der Waals surface area contributed by atoms with Gasteiger partial charge in [-0.1, -0.05) is 48.9 Å². The van der Waals surface area contributed by atoms with Crippen LogP contribution in [-0.2, 0) is 6.42 Å². The fraction of sp³-hybridized carbons (Fsp3) is 0.350. The Morgan fingerprint density at radius 2 is 2.08 bits per heavy atom. The van der Waals surface area contributed by atoms with Crippen LogP contribution in [0.25, 0.3) is 11.4 Å². The zero-order valence-electron chi connectivity index (χ0n) is 14.8. The van der Waals surface area contributed by atoms with Crippen molar-refractivity contribution in [2.45, 2.75) is 32.1 Å². The lowest BCUT2D eigenvalue weighted by molar-refractivity contribution is 0.490. The van der Waals surface area contributed by atoms with E-state index in [4.69, 9.17) is 16.6 Å². The highest BCUT2D eigenvalue weighted by Gasteiger charge is 2.26. The number of piperidine rings is 1. The van der Waals surface area contributed by atoms with Crippen LogP contribution in [0.3, 0.4) is 0 Å². The van der Waals surface area contributed by atoms with E-state index in [9.17, 15) is 0 Å². The van der Waals surface area contributed by atoms with Crippen molar-refractivity contribution in [1.29, 1.82) is 0 Å². The molecule has 1 aliphatic rings. The van der Waals surface area contributed by atoms with Crippen LogP contribution in [0, 0.1) is 0 Å². The van der Waals surface area contributed by atoms with E-state index in [2.05, 4.69) is 26.8 Å². The van der Waals surface area contributed by atoms with E-state index < -0.39 is 0 Å². The summed E-state index contributed by atoms with van der Waals surface area (Å²) in [5, 5.41) is 0.552. The Morgan fingerprint density at radius 3 is 2.81 bits per heavy atom. The molecule has 0 radical (unpaired) electrons. The average Bonchev–Trinajstić information content (AvgIpc) is 3.23. The molecule has 5 nitrogen and oxygen atoms in total. The first-order valence-corrected chi connectivity index (χ1v) is 9.50. The standard InChI is InChI=1S/C20H22ClN5/c1-2-16-17(21)24-19(14-7-4-3-5-8-14)25-20(16)26-12-6-9-15(13-26)18-22-10-11-23-18/h3-5,7-8,10-11,15H,2,6,9,12-13H2,1H3,(H,22,23). The highest BCUT2D eigenvalue weighted by atomic mass is 35.5. The Bertz CT molecular complexity index is 863. The first-order chi connectivity index (χ1) is 12.8. The van der Waals surface area contributed by atoms with Crippen LogP contribution >= 0.6 is 11.6 Å². The predicted molar refractivity (Wildman–Crippen MR) is 105 cm³/mol. The number of aromatic amines is 1. The fourth-order valence-corrected chi connectivity index (χ4v) is 3.92. The Labute approximate surface area is 158 Å². The van der Waals surface area contributed by atoms with Gasteiger partial charge in [0, 0.05) is 42.5 Å². The summed E-state index contributed by atoms with van der Waals surface area (Å²) in [6.45, 7) is 3.97. The second-order valence-electron chi connectivity index (χ2n) is 6.62. The van der Waals surface area contributed by atoms with Gasteiger partial charge < -0.3 is 9.88 Å². The van der Waals surface area contributed by atoms with E-state index in [1.165, 1.54) is 0 Å². The Hall–Kier alpha value is -2.40. The molecule has 26 heavy (non-hydrogen) atoms. The van der Waals surface area contributed by atoms with Gasteiger partial charge in [-0.05, 0) is 19.3 Å². The van der Waals surface area contributed by atoms with Gasteiger partial charge in [-0.3, -0.25) is 0 Å². The molecule has 1 aliphatic heterocycles. The van der Waals surface area contributed by atoms with Gasteiger partial charge >= 0.3 is 0 Å². The molecule has 0 spiro atoms. The molecular weight excluding hydrogens is 346 g/mol. The number of hydrogen-bond donors (Lipinski definition) is 1. The maximum Gasteiger partial charge on any atom is 0.163 e. The lowest BCUT2D eigenvalue weighted by Gasteiger charge is -2.34. The number of hydrogen-bond acceptors (Lipinski definition) is 4. The summed E-state index contributed by atoms with van der Waals surface area (Å²) in [5.41, 5.74) is 2.00. The van der Waals surface area contributed by atoms with Gasteiger partial charge in [0.15, 0.2) is 5.82 Å². The molecule has 0 aliphatic carbocycles. The number of halogens is 1. The smallest absolute Gasteiger partial charge is 0.163 e. The minimum atomic E-state index is 0.386. The summed E-state index contributed by atoms with van der Waals surface area (Å²) < 4.78 is 0. The van der Waals surface area contributed by atoms with Gasteiger partial charge in [0.2, 0.25) is 0 Å². The van der Waals surface area contributed by atoms with Gasteiger partial charge in [-0.25, -0.2) is 15.0 Å². The maximum atomic E-state index is 6.54. The van der Waals surface area contributed by atoms with Crippen LogP contribution in [0.1, 0.15) is 37.1 Å². The third-order valence-electron chi connectivity index (χ3n) is 4.95. The van der Waals surface area contributed by atoms with Crippen LogP contribution < -0.4 is 4.90 Å². The Kier molecular flexibility index (Phi) is 4.89. The van der Waals surface area contributed by atoms with Gasteiger partial charge in [0.25, 0.3) is 0 Å². The molecule has 4 rings (SSSR count). The zero-order valence-corrected chi connectivity index (χ0v) is 15.6. The second kappa shape index (κ2) is 7.46. The summed E-state index contributed by atoms with van der Waals surface area (Å²) in [4.78, 5) is 19.5. The molecule has 0 bridgehead atoms. The lowest BCUT2D eigenvalue weighted by atomic mass is 9.97. The van der Waals surface area contributed by atoms with Crippen LogP contribution in [-0.4, -0.2) is 33.0 Å². The molecule has 1 unspecified atom stereocenters. The SMILES string of the molecule is CCc1c(Cl)nc(-c2ccccc2)nc1N1CCCC(c2ncc[nH]2)C1. The van der Waals surface area contributed by atoms with Crippen molar-refractivity contribution < 1.29 is 0 Å². The molecular formula is C20H22ClN5. The first-order valence-electron chi connectivity index (χ1n) is 9.12. The number of H-pyrrole nitrogens is 1. The van der Waals surface area contributed by atoms with E-state index in [1.807, 2.05) is 42.7 Å². The molecule has 0 saturated carbocycles. The largest absolute Gasteiger partial charge is 0.355 e. The van der Waals surface area contributed by atoms with E-state index in [-0.39, 0.29) is 0 Å². The zero-order chi connectivity index (χ0) is 17.9. The number of benzene rings is 1. The van der Waals surface area contributed by atoms with Crippen LogP contribution in [0.15, 0.2) is 42.7 Å². The number of nitrogens with zero attached hydrogens (tertiary/aromatic N) is 4. The summed E-state index contributed by atoms with van der Waals surface area (Å²) in [6, 6.07) is 10.0. The maximum absolute atomic E-state index is 6.54. The molecule has 134 valence electrons. The van der Waals surface area contributed by atoms with Crippen molar-refractivity contribution in [1.82, 2.24) is 19.9 Å². The molecule has 0 amide bonds. The minimum Gasteiger partial charge on any atom is -0.355 e. The number of imidazole rings is 1. The van der Waals surface area contributed by atoms with Gasteiger partial charge in [-0.2, -0.15) is 0 Å². The van der Waals surface area contributed by atoms with Crippen LogP contribution in [0.4, 0.5) is 5.82 Å². The normalized spacial score (nSPS) is 17.5. The molecule has 1 atom stereocenters. The van der Waals surface area contributed by atoms with Crippen LogP contribution in [0.5, 0.6) is 0 Å². The van der Waals surface area contributed by atoms with E-state index in [0.717, 1.165) is 55.1 Å². The molecule has 3 aromatic rings. The average molecular weight is 368 g/mol. The summed E-state index contributed by atoms with van der Waals surface area (Å²) in [6.07, 6.45) is 6.76. The van der Waals surface area contributed by atoms with Crippen molar-refractivity contribution >= 4 is 17.4 Å². The quantitative estimate of drug-likeness (QED) is 0.691. The van der Waals surface area contributed by atoms with Gasteiger partial charge in [0.1, 0.15) is 16.8 Å². The fourth-order valence-electron chi connectivity index (χ4n) is 3.62. The van der Waals surface area contributed by atoms with Crippen molar-refractivity contribution in [3.63, 3.8) is 0 Å². The van der Waals surface area contributed by atoms with Crippen molar-refractivity contribution in [3.05, 3.63) is 59.3 Å². The highest BCUT2D eigenvalue weighted by Crippen LogP contribution is 2.33. The minimum absolute atomic E-state index is 0.386. The van der Waals surface area contributed by atoms with Crippen LogP contribution in [0.2, 0.25) is 5.15 Å². The first kappa shape index (κ1) is 17.0. The lowest BCUT2D eigenvalue weighted by Crippen LogP contribution is -2.36. The molecule has 1 aromatic carbocycles. The third-order valence-corrected chi connectivity index (χ3v) is 5.26. The Morgan fingerprint density at radius 1 is 1.23 bits per heavy atom. The molecule has 6 heteroatoms. The predicted octanol–water partition coefficient (Wildman–Crippen LogP) is 4.47. The van der Waals surface area contributed by atoms with E-state index >= 15 is 0 Å². The monoisotopic (exact) mass is 367 g/mol. The Balaban J connectivity index is 1.71. The summed E-state index contributed by atoms with van der Waals surface area (Å²) in [7, 11) is 0. The van der Waals surface area contributed by atoms with Gasteiger partial charge in [0.05, 0.1) is 0 Å². The molecule has 2 aromatic heterocycles. The highest BCUT2D eigenvalue weighted by molar-refractivity contribution is 6.30. The summed E-state index contributed by atoms with van der Waals surface area (Å²) in [5.74, 6) is 3.08. The van der Waals surface area contributed by atoms with E-state index in [1.54, 1.807) is 0 Å². The molecule has 1 saturated heterocycles. The number of aromatic nitrogens is 4. The molecule has 1 N–H and O–H groups in total. The van der Waals surface area contributed by atoms with E-state index in [0.29, 0.717) is 16.9 Å². The second-order valence-corrected chi connectivity index (χ2v) is 6.98. The molecule has 1 fully saturated rings.